The van der Waals surface area contributed by atoms with Crippen molar-refractivity contribution >= 4 is 40.5 Å². The molecule has 4 aromatic carbocycles. The third kappa shape index (κ3) is 7.26. The number of rotatable bonds is 4. The van der Waals surface area contributed by atoms with Crippen molar-refractivity contribution in [3.8, 4) is 17.2 Å². The van der Waals surface area contributed by atoms with Crippen molar-refractivity contribution in [3.05, 3.63) is 99.1 Å². The van der Waals surface area contributed by atoms with E-state index >= 15 is 0 Å². The number of aromatic hydroxyl groups is 3. The van der Waals surface area contributed by atoms with Crippen LogP contribution in [-0.4, -0.2) is 67.2 Å². The Bertz CT molecular complexity index is 2300. The second kappa shape index (κ2) is 11.6. The van der Waals surface area contributed by atoms with Gasteiger partial charge in [-0.1, -0.05) is 6.07 Å². The van der Waals surface area contributed by atoms with Gasteiger partial charge in [-0.3, -0.25) is 18.2 Å². The molecule has 1 aliphatic carbocycles. The van der Waals surface area contributed by atoms with Crippen LogP contribution in [0.2, 0.25) is 0 Å². The number of hydrogen-bond donors (Lipinski definition) is 7. The van der Waals surface area contributed by atoms with Gasteiger partial charge in [-0.05, 0) is 70.8 Å². The van der Waals surface area contributed by atoms with E-state index in [2.05, 4.69) is 0 Å². The fraction of sp³-hybridized carbons (Fsp3) is 0.143. The number of fused-ring (bicyclic) bond motifs is 8. The lowest BCUT2D eigenvalue weighted by Gasteiger charge is -2.18. The van der Waals surface area contributed by atoms with Gasteiger partial charge >= 0.3 is 0 Å². The highest BCUT2D eigenvalue weighted by molar-refractivity contribution is 7.86. The zero-order valence-electron chi connectivity index (χ0n) is 23.6. The molecule has 4 aromatic rings. The summed E-state index contributed by atoms with van der Waals surface area (Å²) in [6.07, 6.45) is -2.13. The van der Waals surface area contributed by atoms with Gasteiger partial charge in [0.25, 0.3) is 40.5 Å². The highest BCUT2D eigenvalue weighted by atomic mass is 32.2. The van der Waals surface area contributed by atoms with Crippen molar-refractivity contribution in [3.63, 3.8) is 0 Å². The van der Waals surface area contributed by atoms with E-state index in [0.29, 0.717) is 0 Å². The van der Waals surface area contributed by atoms with Crippen LogP contribution in [0.1, 0.15) is 44.5 Å². The summed E-state index contributed by atoms with van der Waals surface area (Å²) in [7, 11) is -19.7. The van der Waals surface area contributed by atoms with E-state index in [4.69, 9.17) is 0 Å². The fourth-order valence-corrected chi connectivity index (χ4v) is 7.72. The molecule has 0 saturated heterocycles. The Morgan fingerprint density at radius 1 is 0.340 bits per heavy atom. The Morgan fingerprint density at radius 2 is 0.553 bits per heavy atom. The molecular formula is C28H24O15S4. The lowest BCUT2D eigenvalue weighted by atomic mass is 9.92. The van der Waals surface area contributed by atoms with E-state index in [9.17, 15) is 67.2 Å². The first-order valence-electron chi connectivity index (χ1n) is 13.1. The number of hydrogen-bond acceptors (Lipinski definition) is 11. The van der Waals surface area contributed by atoms with Gasteiger partial charge in [0.1, 0.15) is 17.2 Å². The molecule has 15 nitrogen and oxygen atoms in total. The molecule has 0 unspecified atom stereocenters. The van der Waals surface area contributed by atoms with E-state index in [1.807, 2.05) is 0 Å². The van der Waals surface area contributed by atoms with Crippen LogP contribution >= 0.6 is 0 Å². The van der Waals surface area contributed by atoms with Gasteiger partial charge in [0, 0.05) is 47.9 Å². The van der Waals surface area contributed by atoms with E-state index in [1.165, 1.54) is 6.07 Å². The third-order valence-electron chi connectivity index (χ3n) is 7.49. The van der Waals surface area contributed by atoms with Gasteiger partial charge in [-0.25, -0.2) is 0 Å². The highest BCUT2D eigenvalue weighted by Gasteiger charge is 2.25. The number of benzene rings is 4. The molecule has 47 heavy (non-hydrogen) atoms. The summed E-state index contributed by atoms with van der Waals surface area (Å²) in [5, 5.41) is 33.6. The fourth-order valence-electron chi connectivity index (χ4n) is 5.37. The number of phenolic OH excluding ortho intramolecular Hbond substituents is 3. The first-order valence-corrected chi connectivity index (χ1v) is 18.8. The molecule has 0 amide bonds. The molecule has 19 heteroatoms. The quantitative estimate of drug-likeness (QED) is 0.131. The monoisotopic (exact) mass is 728 g/mol. The highest BCUT2D eigenvalue weighted by Crippen LogP contribution is 2.38. The van der Waals surface area contributed by atoms with Crippen LogP contribution in [0.5, 0.6) is 17.2 Å². The van der Waals surface area contributed by atoms with Crippen LogP contribution in [0, 0.1) is 0 Å². The van der Waals surface area contributed by atoms with Crippen LogP contribution in [0.25, 0.3) is 0 Å². The topological polar surface area (TPSA) is 278 Å². The van der Waals surface area contributed by atoms with Gasteiger partial charge in [-0.2, -0.15) is 33.7 Å². The van der Waals surface area contributed by atoms with Crippen molar-refractivity contribution in [1.29, 1.82) is 0 Å². The molecule has 7 N–H and O–H groups in total. The van der Waals surface area contributed by atoms with Crippen LogP contribution in [0.4, 0.5) is 0 Å². The van der Waals surface area contributed by atoms with Crippen molar-refractivity contribution in [2.24, 2.45) is 0 Å². The molecular weight excluding hydrogens is 705 g/mol. The van der Waals surface area contributed by atoms with Gasteiger partial charge in [0.2, 0.25) is 0 Å². The molecule has 0 atom stereocenters. The standard InChI is InChI=1S/C28H24O15S4/c29-26-16-2-14-1-15(5-22(4-14)44(32,33)34)3-17-9-24(46(38,39)40)11-19(27(17)30)7-21-13-25(47(41,42)43)12-20(28(21)31)6-18(26)10-23(8-16)45(35,36)37/h1,4-5,8-13,29-31H,2-3,6-7H2,(H,32,33,34)(H,35,36,37)(H,38,39,40)(H,41,42,43). The lowest BCUT2D eigenvalue weighted by Crippen LogP contribution is -2.08. The van der Waals surface area contributed by atoms with Crippen molar-refractivity contribution in [2.75, 3.05) is 0 Å². The maximum atomic E-state index is 12.2. The van der Waals surface area contributed by atoms with Crippen LogP contribution in [0.15, 0.2) is 74.2 Å². The zero-order valence-corrected chi connectivity index (χ0v) is 26.8. The third-order valence-corrected chi connectivity index (χ3v) is 10.8. The second-order valence-corrected chi connectivity index (χ2v) is 16.5. The van der Waals surface area contributed by atoms with Crippen molar-refractivity contribution in [1.82, 2.24) is 0 Å². The molecule has 250 valence electrons. The minimum Gasteiger partial charge on any atom is -0.507 e. The summed E-state index contributed by atoms with van der Waals surface area (Å²) >= 11 is 0. The maximum absolute atomic E-state index is 12.2. The first kappa shape index (κ1) is 34.3. The average molecular weight is 729 g/mol. The normalized spacial score (nSPS) is 14.1. The predicted octanol–water partition coefficient (Wildman–Crippen LogP) is 2.47. The van der Waals surface area contributed by atoms with Gasteiger partial charge in [0.15, 0.2) is 0 Å². The van der Waals surface area contributed by atoms with E-state index < -0.39 is 103 Å². The smallest absolute Gasteiger partial charge is 0.294 e. The number of phenols is 3. The minimum absolute atomic E-state index is 0.0418. The molecule has 0 heterocycles. The van der Waals surface area contributed by atoms with E-state index in [0.717, 1.165) is 48.5 Å². The largest absolute Gasteiger partial charge is 0.507 e. The summed E-state index contributed by atoms with van der Waals surface area (Å²) in [6, 6.07) is 8.41. The molecule has 0 aromatic heterocycles. The van der Waals surface area contributed by atoms with Gasteiger partial charge in [0.05, 0.1) is 19.6 Å². The van der Waals surface area contributed by atoms with Crippen LogP contribution < -0.4 is 0 Å². The minimum atomic E-state index is -4.98. The molecule has 5 rings (SSSR count). The molecule has 0 radical (unpaired) electrons. The molecule has 0 spiro atoms. The van der Waals surface area contributed by atoms with Crippen LogP contribution in [-0.2, 0) is 66.2 Å². The molecule has 0 aliphatic heterocycles. The Morgan fingerprint density at radius 3 is 0.787 bits per heavy atom. The van der Waals surface area contributed by atoms with Crippen molar-refractivity contribution < 1.29 is 67.2 Å². The summed E-state index contributed by atoms with van der Waals surface area (Å²) < 4.78 is 137. The summed E-state index contributed by atoms with van der Waals surface area (Å²) in [5.74, 6) is -1.85. The predicted molar refractivity (Wildman–Crippen MR) is 161 cm³/mol. The molecule has 0 saturated carbocycles. The van der Waals surface area contributed by atoms with Crippen molar-refractivity contribution in [2.45, 2.75) is 45.3 Å². The Kier molecular flexibility index (Phi) is 8.43. The molecule has 0 fully saturated rings. The van der Waals surface area contributed by atoms with Gasteiger partial charge < -0.3 is 15.3 Å². The van der Waals surface area contributed by atoms with E-state index in [-0.39, 0.29) is 44.5 Å². The average Bonchev–Trinajstić information content (AvgIpc) is 2.92. The lowest BCUT2D eigenvalue weighted by molar-refractivity contribution is 0.452. The van der Waals surface area contributed by atoms with Crippen LogP contribution in [0.3, 0.4) is 0 Å². The Balaban J connectivity index is 1.90. The molecule has 8 bridgehead atoms. The second-order valence-electron chi connectivity index (χ2n) is 10.9. The SMILES string of the molecule is O=S(=O)(O)c1cc2cc(c1)Cc1cc(S(=O)(=O)O)cc(c1O)Cc1cc(S(=O)(=O)O)cc(c1O)Cc1cc(S(=O)(=O)O)cc(c1O)C2. The Hall–Kier alpha value is -4.08. The Labute approximate surface area is 268 Å². The first-order chi connectivity index (χ1) is 21.5. The zero-order chi connectivity index (χ0) is 34.9. The summed E-state index contributed by atoms with van der Waals surface area (Å²) in [5.41, 5.74) is -1.49. The van der Waals surface area contributed by atoms with Gasteiger partial charge in [-0.15, -0.1) is 0 Å². The van der Waals surface area contributed by atoms with E-state index in [1.54, 1.807) is 0 Å². The summed E-state index contributed by atoms with van der Waals surface area (Å²) in [4.78, 5) is -2.88. The molecule has 1 aliphatic rings. The summed E-state index contributed by atoms with van der Waals surface area (Å²) in [6.45, 7) is 0. The maximum Gasteiger partial charge on any atom is 0.294 e.